The largest absolute Gasteiger partial charge is 0.464 e. The molecule has 0 saturated carbocycles. The molecule has 0 aliphatic rings. The third kappa shape index (κ3) is 5.95. The molecule has 1 unspecified atom stereocenters. The highest BCUT2D eigenvalue weighted by atomic mass is 32.2. The van der Waals surface area contributed by atoms with Gasteiger partial charge in [-0.15, -0.1) is 0 Å². The number of nitrogens with one attached hydrogen (secondary N) is 1. The van der Waals surface area contributed by atoms with E-state index in [-0.39, 0.29) is 25.6 Å². The molecule has 1 atom stereocenters. The van der Waals surface area contributed by atoms with Gasteiger partial charge in [-0.25, -0.2) is 9.59 Å². The number of carbonyl (C=O) groups is 3. The van der Waals surface area contributed by atoms with E-state index in [0.29, 0.717) is 0 Å². The fourth-order valence-electron chi connectivity index (χ4n) is 2.08. The van der Waals surface area contributed by atoms with Gasteiger partial charge in [0.1, 0.15) is 0 Å². The molecular weight excluding hydrogens is 294 g/mol. The molecule has 0 aromatic rings. The van der Waals surface area contributed by atoms with Gasteiger partial charge in [0.15, 0.2) is 0 Å². The molecule has 0 aromatic carbocycles. The summed E-state index contributed by atoms with van der Waals surface area (Å²) in [6.45, 7) is 6.70. The van der Waals surface area contributed by atoms with Crippen molar-refractivity contribution >= 4 is 29.6 Å². The van der Waals surface area contributed by atoms with Crippen molar-refractivity contribution in [2.75, 3.05) is 25.2 Å². The number of thioether (sulfide) groups is 1. The Morgan fingerprint density at radius 1 is 1.14 bits per heavy atom. The van der Waals surface area contributed by atoms with E-state index in [0.717, 1.165) is 5.75 Å². The van der Waals surface area contributed by atoms with Crippen molar-refractivity contribution in [3.63, 3.8) is 0 Å². The van der Waals surface area contributed by atoms with E-state index in [1.807, 2.05) is 13.2 Å². The van der Waals surface area contributed by atoms with Crippen LogP contribution in [0.1, 0.15) is 34.1 Å². The molecule has 21 heavy (non-hydrogen) atoms. The Balaban J connectivity index is 5.53. The van der Waals surface area contributed by atoms with E-state index in [9.17, 15) is 14.4 Å². The number of hydrogen-bond acceptors (Lipinski definition) is 6. The summed E-state index contributed by atoms with van der Waals surface area (Å²) in [6, 6.07) is 0. The zero-order chi connectivity index (χ0) is 16.5. The molecule has 0 heterocycles. The van der Waals surface area contributed by atoms with Gasteiger partial charge >= 0.3 is 11.9 Å². The fraction of sp³-hybridized carbons (Fsp3) is 0.786. The summed E-state index contributed by atoms with van der Waals surface area (Å²) in [7, 11) is 0. The molecule has 1 N–H and O–H groups in total. The van der Waals surface area contributed by atoms with Gasteiger partial charge < -0.3 is 14.8 Å². The molecular formula is C14H25NO5S. The molecule has 7 heteroatoms. The smallest absolute Gasteiger partial charge is 0.343 e. The van der Waals surface area contributed by atoms with Crippen LogP contribution in [0.4, 0.5) is 0 Å². The lowest BCUT2D eigenvalue weighted by Crippen LogP contribution is -2.62. The second kappa shape index (κ2) is 9.65. The first-order valence-corrected chi connectivity index (χ1v) is 8.35. The molecule has 0 radical (unpaired) electrons. The Labute approximate surface area is 130 Å². The predicted octanol–water partition coefficient (Wildman–Crippen LogP) is 1.38. The predicted molar refractivity (Wildman–Crippen MR) is 82.0 cm³/mol. The zero-order valence-electron chi connectivity index (χ0n) is 13.4. The summed E-state index contributed by atoms with van der Waals surface area (Å²) in [5.41, 5.74) is -1.77. The Hall–Kier alpha value is -1.24. The van der Waals surface area contributed by atoms with Crippen LogP contribution < -0.4 is 5.32 Å². The van der Waals surface area contributed by atoms with Gasteiger partial charge in [-0.2, -0.15) is 11.8 Å². The Bertz CT molecular complexity index is 354. The maximum absolute atomic E-state index is 12.3. The lowest BCUT2D eigenvalue weighted by Gasteiger charge is -2.31. The highest BCUT2D eigenvalue weighted by Gasteiger charge is 2.50. The SMILES string of the molecule is CCOC(=O)C(CC(C)CSC)(NC(C)=O)C(=O)OCC. The molecule has 122 valence electrons. The summed E-state index contributed by atoms with van der Waals surface area (Å²) in [5.74, 6) is -1.24. The first kappa shape index (κ1) is 19.8. The molecule has 6 nitrogen and oxygen atoms in total. The van der Waals surface area contributed by atoms with Gasteiger partial charge in [0.05, 0.1) is 13.2 Å². The van der Waals surface area contributed by atoms with Crippen LogP contribution in [0, 0.1) is 5.92 Å². The highest BCUT2D eigenvalue weighted by molar-refractivity contribution is 7.98. The van der Waals surface area contributed by atoms with Gasteiger partial charge in [-0.05, 0) is 38.2 Å². The summed E-state index contributed by atoms with van der Waals surface area (Å²) >= 11 is 1.60. The van der Waals surface area contributed by atoms with Gasteiger partial charge in [0, 0.05) is 6.92 Å². The lowest BCUT2D eigenvalue weighted by molar-refractivity contribution is -0.169. The van der Waals surface area contributed by atoms with Crippen molar-refractivity contribution in [3.8, 4) is 0 Å². The monoisotopic (exact) mass is 319 g/mol. The van der Waals surface area contributed by atoms with E-state index >= 15 is 0 Å². The van der Waals surface area contributed by atoms with Crippen LogP contribution in [0.2, 0.25) is 0 Å². The minimum absolute atomic E-state index is 0.0284. The standard InChI is InChI=1S/C14H25NO5S/c1-6-19-12(17)14(15-11(4)16,13(18)20-7-2)8-10(3)9-21-5/h10H,6-9H2,1-5H3,(H,15,16). The van der Waals surface area contributed by atoms with Gasteiger partial charge in [0.2, 0.25) is 11.4 Å². The third-order valence-corrected chi connectivity index (χ3v) is 3.65. The van der Waals surface area contributed by atoms with E-state index in [4.69, 9.17) is 9.47 Å². The van der Waals surface area contributed by atoms with Crippen LogP contribution in [-0.2, 0) is 23.9 Å². The van der Waals surface area contributed by atoms with Crippen LogP contribution in [0.15, 0.2) is 0 Å². The average molecular weight is 319 g/mol. The Kier molecular flexibility index (Phi) is 9.08. The van der Waals surface area contributed by atoms with Crippen LogP contribution in [0.25, 0.3) is 0 Å². The molecule has 0 fully saturated rings. The van der Waals surface area contributed by atoms with Crippen LogP contribution in [0.3, 0.4) is 0 Å². The van der Waals surface area contributed by atoms with Crippen LogP contribution in [0.5, 0.6) is 0 Å². The third-order valence-electron chi connectivity index (χ3n) is 2.74. The van der Waals surface area contributed by atoms with Crippen molar-refractivity contribution in [1.82, 2.24) is 5.32 Å². The summed E-state index contributed by atoms with van der Waals surface area (Å²) in [6.07, 6.45) is 2.08. The number of ether oxygens (including phenoxy) is 2. The van der Waals surface area contributed by atoms with E-state index in [2.05, 4.69) is 5.32 Å². The summed E-state index contributed by atoms with van der Waals surface area (Å²) in [4.78, 5) is 36.1. The highest BCUT2D eigenvalue weighted by Crippen LogP contribution is 2.23. The maximum atomic E-state index is 12.3. The molecule has 0 aromatic heterocycles. The Morgan fingerprint density at radius 2 is 1.62 bits per heavy atom. The molecule has 1 amide bonds. The second-order valence-electron chi connectivity index (χ2n) is 4.79. The first-order chi connectivity index (χ1) is 9.83. The van der Waals surface area contributed by atoms with E-state index in [1.54, 1.807) is 25.6 Å². The van der Waals surface area contributed by atoms with Crippen molar-refractivity contribution in [2.45, 2.75) is 39.7 Å². The number of rotatable bonds is 9. The van der Waals surface area contributed by atoms with Crippen molar-refractivity contribution in [3.05, 3.63) is 0 Å². The van der Waals surface area contributed by atoms with Gasteiger partial charge in [-0.1, -0.05) is 6.92 Å². The average Bonchev–Trinajstić information content (AvgIpc) is 2.38. The van der Waals surface area contributed by atoms with Gasteiger partial charge in [0.25, 0.3) is 0 Å². The van der Waals surface area contributed by atoms with Gasteiger partial charge in [-0.3, -0.25) is 4.79 Å². The first-order valence-electron chi connectivity index (χ1n) is 6.96. The molecule has 0 spiro atoms. The quantitative estimate of drug-likeness (QED) is 0.511. The molecule has 0 aliphatic carbocycles. The summed E-state index contributed by atoms with van der Waals surface area (Å²) < 4.78 is 9.99. The number of amides is 1. The molecule has 0 saturated heterocycles. The minimum atomic E-state index is -1.77. The lowest BCUT2D eigenvalue weighted by atomic mass is 9.88. The van der Waals surface area contributed by atoms with Crippen LogP contribution >= 0.6 is 11.8 Å². The molecule has 0 bridgehead atoms. The molecule has 0 aliphatic heterocycles. The van der Waals surface area contributed by atoms with Crippen molar-refractivity contribution in [2.24, 2.45) is 5.92 Å². The van der Waals surface area contributed by atoms with Crippen LogP contribution in [-0.4, -0.2) is 48.6 Å². The normalized spacial score (nSPS) is 12.4. The van der Waals surface area contributed by atoms with E-state index < -0.39 is 23.4 Å². The second-order valence-corrected chi connectivity index (χ2v) is 5.70. The maximum Gasteiger partial charge on any atom is 0.343 e. The number of carbonyl (C=O) groups excluding carboxylic acids is 3. The number of hydrogen-bond donors (Lipinski definition) is 1. The van der Waals surface area contributed by atoms with Crippen molar-refractivity contribution < 1.29 is 23.9 Å². The Morgan fingerprint density at radius 3 is 1.95 bits per heavy atom. The number of esters is 2. The topological polar surface area (TPSA) is 81.7 Å². The molecule has 0 rings (SSSR count). The van der Waals surface area contributed by atoms with Crippen molar-refractivity contribution in [1.29, 1.82) is 0 Å². The van der Waals surface area contributed by atoms with E-state index in [1.165, 1.54) is 6.92 Å². The zero-order valence-corrected chi connectivity index (χ0v) is 14.2. The summed E-state index contributed by atoms with van der Waals surface area (Å²) in [5, 5.41) is 2.45. The minimum Gasteiger partial charge on any atom is -0.464 e. The fourth-order valence-corrected chi connectivity index (χ4v) is 2.77.